The van der Waals surface area contributed by atoms with Crippen molar-refractivity contribution in [1.82, 2.24) is 25.1 Å². The summed E-state index contributed by atoms with van der Waals surface area (Å²) in [6.45, 7) is 0. The van der Waals surface area contributed by atoms with Crippen LogP contribution in [0.15, 0.2) is 48.8 Å². The topological polar surface area (TPSA) is 67.3 Å². The molecule has 0 radical (unpaired) electrons. The van der Waals surface area contributed by atoms with E-state index in [-0.39, 0.29) is 0 Å². The molecular weight excluding hydrogens is 258 g/mol. The molecule has 0 aliphatic rings. The molecule has 1 N–H and O–H groups in total. The van der Waals surface area contributed by atoms with Crippen LogP contribution in [-0.2, 0) is 0 Å². The minimum absolute atomic E-state index is 0.320. The smallest absolute Gasteiger partial charge is 0.214 e. The molecule has 0 bridgehead atoms. The van der Waals surface area contributed by atoms with E-state index in [4.69, 9.17) is 12.2 Å². The molecule has 3 aromatic rings. The summed E-state index contributed by atoms with van der Waals surface area (Å²) < 4.78 is 0.320. The summed E-state index contributed by atoms with van der Waals surface area (Å²) in [5, 5.41) is 6.93. The number of aromatic nitrogens is 5. The molecule has 0 aliphatic heterocycles. The minimum Gasteiger partial charge on any atom is -0.255 e. The monoisotopic (exact) mass is 267 g/mol. The molecule has 0 saturated carbocycles. The molecule has 0 amide bonds. The second-order valence-corrected chi connectivity index (χ2v) is 4.15. The second kappa shape index (κ2) is 5.03. The molecule has 0 fully saturated rings. The van der Waals surface area contributed by atoms with Crippen molar-refractivity contribution in [2.45, 2.75) is 0 Å². The van der Waals surface area contributed by atoms with Gasteiger partial charge in [0.15, 0.2) is 0 Å². The summed E-state index contributed by atoms with van der Waals surface area (Å²) in [5.41, 5.74) is 2.70. The Bertz CT molecular complexity index is 740. The van der Waals surface area contributed by atoms with E-state index in [9.17, 15) is 0 Å². The maximum atomic E-state index is 5.03. The van der Waals surface area contributed by atoms with Gasteiger partial charge < -0.3 is 0 Å². The van der Waals surface area contributed by atoms with Gasteiger partial charge in [-0.15, -0.1) is 0 Å². The van der Waals surface area contributed by atoms with Gasteiger partial charge in [0.05, 0.1) is 11.4 Å². The molecule has 5 nitrogen and oxygen atoms in total. The Labute approximate surface area is 114 Å². The fraction of sp³-hybridized carbons (Fsp3) is 0. The average molecular weight is 267 g/mol. The quantitative estimate of drug-likeness (QED) is 0.723. The Balaban J connectivity index is 2.24. The lowest BCUT2D eigenvalue weighted by Crippen LogP contribution is -1.99. The molecule has 0 saturated heterocycles. The summed E-state index contributed by atoms with van der Waals surface area (Å²) in [4.78, 5) is 12.9. The lowest BCUT2D eigenvalue weighted by atomic mass is 10.1. The fourth-order valence-corrected chi connectivity index (χ4v) is 1.84. The van der Waals surface area contributed by atoms with Gasteiger partial charge in [0, 0.05) is 12.4 Å². The van der Waals surface area contributed by atoms with Gasteiger partial charge >= 0.3 is 0 Å². The average Bonchev–Trinajstić information content (AvgIpc) is 2.49. The van der Waals surface area contributed by atoms with Gasteiger partial charge in [-0.25, -0.2) is 4.98 Å². The largest absolute Gasteiger partial charge is 0.255 e. The Kier molecular flexibility index (Phi) is 3.07. The van der Waals surface area contributed by atoms with E-state index in [1.165, 1.54) is 0 Å². The SMILES string of the molecule is S=c1nc(-c2ccccn2)c(-c2ccccn2)n[nH]1. The van der Waals surface area contributed by atoms with Crippen LogP contribution in [0.4, 0.5) is 0 Å². The van der Waals surface area contributed by atoms with Gasteiger partial charge in [-0.1, -0.05) is 12.1 Å². The molecular formula is C13H9N5S. The molecule has 0 aromatic carbocycles. The molecule has 19 heavy (non-hydrogen) atoms. The Morgan fingerprint density at radius 2 is 1.47 bits per heavy atom. The number of pyridine rings is 2. The summed E-state index contributed by atoms with van der Waals surface area (Å²) >= 11 is 5.03. The van der Waals surface area contributed by atoms with Crippen LogP contribution in [0.1, 0.15) is 0 Å². The highest BCUT2D eigenvalue weighted by Gasteiger charge is 2.12. The van der Waals surface area contributed by atoms with Crippen molar-refractivity contribution in [3.8, 4) is 22.8 Å². The molecule has 3 aromatic heterocycles. The van der Waals surface area contributed by atoms with E-state index in [0.717, 1.165) is 11.4 Å². The van der Waals surface area contributed by atoms with Crippen LogP contribution in [0.5, 0.6) is 0 Å². The first-order chi connectivity index (χ1) is 9.34. The maximum absolute atomic E-state index is 5.03. The first kappa shape index (κ1) is 11.6. The molecule has 0 spiro atoms. The van der Waals surface area contributed by atoms with Crippen molar-refractivity contribution < 1.29 is 0 Å². The number of hydrogen-bond donors (Lipinski definition) is 1. The van der Waals surface area contributed by atoms with E-state index < -0.39 is 0 Å². The van der Waals surface area contributed by atoms with Gasteiger partial charge in [-0.05, 0) is 36.5 Å². The molecule has 3 rings (SSSR count). The van der Waals surface area contributed by atoms with Crippen molar-refractivity contribution >= 4 is 12.2 Å². The highest BCUT2D eigenvalue weighted by molar-refractivity contribution is 7.71. The third-order valence-electron chi connectivity index (χ3n) is 2.52. The number of nitrogens with zero attached hydrogens (tertiary/aromatic N) is 4. The van der Waals surface area contributed by atoms with E-state index in [1.807, 2.05) is 36.4 Å². The van der Waals surface area contributed by atoms with E-state index in [0.29, 0.717) is 16.2 Å². The van der Waals surface area contributed by atoms with Crippen LogP contribution in [0.2, 0.25) is 0 Å². The normalized spacial score (nSPS) is 10.3. The second-order valence-electron chi connectivity index (χ2n) is 3.77. The first-order valence-electron chi connectivity index (χ1n) is 5.64. The zero-order valence-corrected chi connectivity index (χ0v) is 10.6. The number of hydrogen-bond acceptors (Lipinski definition) is 5. The van der Waals surface area contributed by atoms with Gasteiger partial charge in [-0.3, -0.25) is 15.1 Å². The fourth-order valence-electron chi connectivity index (χ4n) is 1.70. The number of nitrogens with one attached hydrogen (secondary N) is 1. The van der Waals surface area contributed by atoms with Crippen molar-refractivity contribution in [3.05, 3.63) is 53.6 Å². The molecule has 6 heteroatoms. The molecule has 92 valence electrons. The zero-order chi connectivity index (χ0) is 13.1. The van der Waals surface area contributed by atoms with Crippen LogP contribution >= 0.6 is 12.2 Å². The van der Waals surface area contributed by atoms with Gasteiger partial charge in [-0.2, -0.15) is 5.10 Å². The summed E-state index contributed by atoms with van der Waals surface area (Å²) in [5.74, 6) is 0. The van der Waals surface area contributed by atoms with Gasteiger partial charge in [0.1, 0.15) is 11.4 Å². The molecule has 0 aliphatic carbocycles. The molecule has 3 heterocycles. The van der Waals surface area contributed by atoms with Crippen molar-refractivity contribution in [1.29, 1.82) is 0 Å². The van der Waals surface area contributed by atoms with Crippen LogP contribution < -0.4 is 0 Å². The third-order valence-corrected chi connectivity index (χ3v) is 2.70. The number of H-pyrrole nitrogens is 1. The van der Waals surface area contributed by atoms with Crippen LogP contribution in [0.3, 0.4) is 0 Å². The molecule has 0 unspecified atom stereocenters. The number of rotatable bonds is 2. The highest BCUT2D eigenvalue weighted by Crippen LogP contribution is 2.24. The van der Waals surface area contributed by atoms with Crippen LogP contribution in [0.25, 0.3) is 22.8 Å². The van der Waals surface area contributed by atoms with Crippen molar-refractivity contribution in [2.24, 2.45) is 0 Å². The van der Waals surface area contributed by atoms with Crippen molar-refractivity contribution in [3.63, 3.8) is 0 Å². The van der Waals surface area contributed by atoms with Crippen molar-refractivity contribution in [2.75, 3.05) is 0 Å². The van der Waals surface area contributed by atoms with Gasteiger partial charge in [0.25, 0.3) is 0 Å². The summed E-state index contributed by atoms with van der Waals surface area (Å²) in [6.07, 6.45) is 3.42. The van der Waals surface area contributed by atoms with Crippen LogP contribution in [-0.4, -0.2) is 25.1 Å². The highest BCUT2D eigenvalue weighted by atomic mass is 32.1. The van der Waals surface area contributed by atoms with E-state index >= 15 is 0 Å². The lowest BCUT2D eigenvalue weighted by Gasteiger charge is -2.05. The standard InChI is InChI=1S/C13H9N5S/c19-13-16-11(9-5-1-3-7-14-9)12(17-18-13)10-6-2-4-8-15-10/h1-8H,(H,16,18,19). The molecule has 0 atom stereocenters. The Morgan fingerprint density at radius 1 is 0.842 bits per heavy atom. The Morgan fingerprint density at radius 3 is 2.05 bits per heavy atom. The summed E-state index contributed by atoms with van der Waals surface area (Å²) in [6, 6.07) is 11.2. The first-order valence-corrected chi connectivity index (χ1v) is 6.05. The zero-order valence-electron chi connectivity index (χ0n) is 9.82. The predicted octanol–water partition coefficient (Wildman–Crippen LogP) is 2.66. The third kappa shape index (κ3) is 2.38. The van der Waals surface area contributed by atoms with Gasteiger partial charge in [0.2, 0.25) is 4.77 Å². The van der Waals surface area contributed by atoms with E-state index in [2.05, 4.69) is 25.1 Å². The Hall–Kier alpha value is -2.47. The predicted molar refractivity (Wildman–Crippen MR) is 73.7 cm³/mol. The number of aromatic amines is 1. The maximum Gasteiger partial charge on any atom is 0.214 e. The lowest BCUT2D eigenvalue weighted by molar-refractivity contribution is 0.951. The summed E-state index contributed by atoms with van der Waals surface area (Å²) in [7, 11) is 0. The van der Waals surface area contributed by atoms with E-state index in [1.54, 1.807) is 12.4 Å². The van der Waals surface area contributed by atoms with Crippen LogP contribution in [0, 0.1) is 4.77 Å². The minimum atomic E-state index is 0.320.